The van der Waals surface area contributed by atoms with Gasteiger partial charge in [-0.25, -0.2) is 4.79 Å². The lowest BCUT2D eigenvalue weighted by Crippen LogP contribution is -2.51. The number of fused-ring (bicyclic) bond motifs is 1. The van der Waals surface area contributed by atoms with E-state index in [-0.39, 0.29) is 6.03 Å². The zero-order valence-corrected chi connectivity index (χ0v) is 10.9. The Morgan fingerprint density at radius 3 is 2.89 bits per heavy atom. The monoisotopic (exact) mass is 249 g/mol. The fraction of sp³-hybridized carbons (Fsp3) is 0.667. The van der Waals surface area contributed by atoms with Crippen LogP contribution in [0.3, 0.4) is 0 Å². The molecule has 0 aliphatic carbocycles. The van der Waals surface area contributed by atoms with Gasteiger partial charge in [-0.2, -0.15) is 5.10 Å². The highest BCUT2D eigenvalue weighted by Crippen LogP contribution is 2.20. The first-order valence-corrected chi connectivity index (χ1v) is 6.35. The number of aromatic nitrogens is 2. The van der Waals surface area contributed by atoms with Gasteiger partial charge in [0.15, 0.2) is 0 Å². The molecule has 2 aliphatic rings. The number of amides is 2. The first-order valence-electron chi connectivity index (χ1n) is 6.35. The van der Waals surface area contributed by atoms with Gasteiger partial charge in [-0.3, -0.25) is 9.58 Å². The van der Waals surface area contributed by atoms with Crippen LogP contribution in [0.2, 0.25) is 0 Å². The Morgan fingerprint density at radius 2 is 2.17 bits per heavy atom. The molecular formula is C12H19N5O. The first-order chi connectivity index (χ1) is 8.63. The molecule has 6 nitrogen and oxygen atoms in total. The number of rotatable bonds is 2. The van der Waals surface area contributed by atoms with Gasteiger partial charge in [-0.1, -0.05) is 0 Å². The van der Waals surface area contributed by atoms with Crippen LogP contribution < -0.4 is 0 Å². The van der Waals surface area contributed by atoms with E-state index < -0.39 is 0 Å². The summed E-state index contributed by atoms with van der Waals surface area (Å²) in [5, 5.41) is 4.19. The van der Waals surface area contributed by atoms with Gasteiger partial charge in [0, 0.05) is 58.6 Å². The molecule has 3 rings (SSSR count). The molecule has 18 heavy (non-hydrogen) atoms. The second kappa shape index (κ2) is 4.28. The maximum Gasteiger partial charge on any atom is 0.320 e. The molecule has 2 amide bonds. The van der Waals surface area contributed by atoms with Crippen LogP contribution >= 0.6 is 0 Å². The lowest BCUT2D eigenvalue weighted by Gasteiger charge is -2.36. The minimum Gasteiger partial charge on any atom is -0.326 e. The molecule has 2 aliphatic heterocycles. The molecule has 2 fully saturated rings. The molecule has 2 saturated heterocycles. The maximum absolute atomic E-state index is 11.8. The van der Waals surface area contributed by atoms with Gasteiger partial charge >= 0.3 is 6.03 Å². The molecule has 0 saturated carbocycles. The summed E-state index contributed by atoms with van der Waals surface area (Å²) in [5.74, 6) is 0. The molecule has 0 aromatic carbocycles. The number of urea groups is 1. The summed E-state index contributed by atoms with van der Waals surface area (Å²) in [5.41, 5.74) is 1.24. The third-order valence-corrected chi connectivity index (χ3v) is 3.79. The third kappa shape index (κ3) is 1.96. The van der Waals surface area contributed by atoms with E-state index in [1.807, 2.05) is 34.8 Å². The fourth-order valence-electron chi connectivity index (χ4n) is 2.90. The van der Waals surface area contributed by atoms with Crippen LogP contribution in [0.1, 0.15) is 5.56 Å². The van der Waals surface area contributed by atoms with Crippen molar-refractivity contribution in [2.75, 3.05) is 33.2 Å². The summed E-state index contributed by atoms with van der Waals surface area (Å²) in [7, 11) is 3.82. The zero-order chi connectivity index (χ0) is 12.7. The van der Waals surface area contributed by atoms with E-state index in [9.17, 15) is 4.79 Å². The number of hydrogen-bond acceptors (Lipinski definition) is 3. The molecule has 1 atom stereocenters. The van der Waals surface area contributed by atoms with Crippen LogP contribution in [0.5, 0.6) is 0 Å². The van der Waals surface area contributed by atoms with Crippen LogP contribution in [-0.4, -0.2) is 69.8 Å². The Morgan fingerprint density at radius 1 is 1.33 bits per heavy atom. The van der Waals surface area contributed by atoms with E-state index in [4.69, 9.17) is 0 Å². The molecule has 1 aromatic heterocycles. The molecule has 0 radical (unpaired) electrons. The van der Waals surface area contributed by atoms with Crippen molar-refractivity contribution in [3.05, 3.63) is 18.0 Å². The summed E-state index contributed by atoms with van der Waals surface area (Å²) >= 11 is 0. The maximum atomic E-state index is 11.8. The lowest BCUT2D eigenvalue weighted by molar-refractivity contribution is 0.116. The Labute approximate surface area is 107 Å². The molecule has 6 heteroatoms. The minimum absolute atomic E-state index is 0.182. The summed E-state index contributed by atoms with van der Waals surface area (Å²) < 4.78 is 1.83. The fourth-order valence-corrected chi connectivity index (χ4v) is 2.90. The van der Waals surface area contributed by atoms with Gasteiger partial charge in [0.2, 0.25) is 0 Å². The second-order valence-corrected chi connectivity index (χ2v) is 5.27. The van der Waals surface area contributed by atoms with E-state index >= 15 is 0 Å². The van der Waals surface area contributed by atoms with Crippen molar-refractivity contribution < 1.29 is 4.79 Å². The van der Waals surface area contributed by atoms with Crippen molar-refractivity contribution in [1.82, 2.24) is 24.5 Å². The van der Waals surface area contributed by atoms with Gasteiger partial charge in [-0.15, -0.1) is 0 Å². The number of nitrogens with zero attached hydrogens (tertiary/aromatic N) is 5. The number of carbonyl (C=O) groups is 1. The summed E-state index contributed by atoms with van der Waals surface area (Å²) in [6, 6.07) is 0.536. The van der Waals surface area contributed by atoms with Crippen molar-refractivity contribution in [3.63, 3.8) is 0 Å². The zero-order valence-electron chi connectivity index (χ0n) is 10.9. The van der Waals surface area contributed by atoms with Crippen LogP contribution in [0, 0.1) is 0 Å². The Balaban J connectivity index is 1.63. The molecule has 3 heterocycles. The molecule has 0 bridgehead atoms. The highest BCUT2D eigenvalue weighted by molar-refractivity contribution is 5.77. The molecule has 1 unspecified atom stereocenters. The standard InChI is InChI=1S/C12H19N5O/c1-14-8-11-9-16(3-4-17(11)12(14)18)7-10-5-13-15(2)6-10/h5-6,11H,3-4,7-9H2,1-2H3. The predicted molar refractivity (Wildman–Crippen MR) is 67.0 cm³/mol. The Bertz CT molecular complexity index is 457. The normalized spacial score (nSPS) is 24.8. The second-order valence-electron chi connectivity index (χ2n) is 5.27. The molecular weight excluding hydrogens is 230 g/mol. The van der Waals surface area contributed by atoms with Crippen molar-refractivity contribution in [1.29, 1.82) is 0 Å². The number of aryl methyl sites for hydroxylation is 1. The van der Waals surface area contributed by atoms with E-state index in [2.05, 4.69) is 16.2 Å². The first kappa shape index (κ1) is 11.5. The van der Waals surface area contributed by atoms with Crippen LogP contribution in [0.25, 0.3) is 0 Å². The number of hydrogen-bond donors (Lipinski definition) is 0. The van der Waals surface area contributed by atoms with Crippen molar-refractivity contribution in [3.8, 4) is 0 Å². The van der Waals surface area contributed by atoms with E-state index in [1.165, 1.54) is 5.56 Å². The summed E-state index contributed by atoms with van der Waals surface area (Å²) in [6.45, 7) is 4.53. The Hall–Kier alpha value is -1.56. The third-order valence-electron chi connectivity index (χ3n) is 3.79. The smallest absolute Gasteiger partial charge is 0.320 e. The van der Waals surface area contributed by atoms with E-state index in [0.717, 1.165) is 32.7 Å². The van der Waals surface area contributed by atoms with Gasteiger partial charge in [0.1, 0.15) is 0 Å². The molecule has 0 spiro atoms. The SMILES string of the molecule is CN1CC2CN(Cc3cnn(C)c3)CCN2C1=O. The van der Waals surface area contributed by atoms with Crippen molar-refractivity contribution >= 4 is 6.03 Å². The largest absolute Gasteiger partial charge is 0.326 e. The molecule has 98 valence electrons. The molecule has 0 N–H and O–H groups in total. The topological polar surface area (TPSA) is 44.6 Å². The highest BCUT2D eigenvalue weighted by Gasteiger charge is 2.38. The van der Waals surface area contributed by atoms with Gasteiger partial charge < -0.3 is 9.80 Å². The van der Waals surface area contributed by atoms with Crippen molar-refractivity contribution in [2.24, 2.45) is 7.05 Å². The van der Waals surface area contributed by atoms with Crippen LogP contribution in [-0.2, 0) is 13.6 Å². The summed E-state index contributed by atoms with van der Waals surface area (Å²) in [6.07, 6.45) is 3.97. The summed E-state index contributed by atoms with van der Waals surface area (Å²) in [4.78, 5) is 18.1. The molecule has 1 aromatic rings. The van der Waals surface area contributed by atoms with E-state index in [0.29, 0.717) is 6.04 Å². The van der Waals surface area contributed by atoms with E-state index in [1.54, 1.807) is 0 Å². The quantitative estimate of drug-likeness (QED) is 0.739. The average Bonchev–Trinajstić information content (AvgIpc) is 2.85. The predicted octanol–water partition coefficient (Wildman–Crippen LogP) is -0.0283. The Kier molecular flexibility index (Phi) is 2.74. The van der Waals surface area contributed by atoms with Gasteiger partial charge in [-0.05, 0) is 0 Å². The minimum atomic E-state index is 0.182. The van der Waals surface area contributed by atoms with Gasteiger partial charge in [0.05, 0.1) is 12.2 Å². The van der Waals surface area contributed by atoms with Gasteiger partial charge in [0.25, 0.3) is 0 Å². The number of piperazine rings is 1. The van der Waals surface area contributed by atoms with Crippen LogP contribution in [0.4, 0.5) is 4.79 Å². The number of likely N-dealkylation sites (N-methyl/N-ethyl adjacent to an activating group) is 1. The number of carbonyl (C=O) groups excluding carboxylic acids is 1. The van der Waals surface area contributed by atoms with Crippen LogP contribution in [0.15, 0.2) is 12.4 Å². The van der Waals surface area contributed by atoms with Crippen molar-refractivity contribution in [2.45, 2.75) is 12.6 Å². The highest BCUT2D eigenvalue weighted by atomic mass is 16.2. The average molecular weight is 249 g/mol. The lowest BCUT2D eigenvalue weighted by atomic mass is 10.2.